The van der Waals surface area contributed by atoms with Crippen LogP contribution in [-0.2, 0) is 19.7 Å². The van der Waals surface area contributed by atoms with Crippen molar-refractivity contribution >= 4 is 31.3 Å². The molecule has 0 bridgehead atoms. The highest BCUT2D eigenvalue weighted by Crippen LogP contribution is 2.33. The van der Waals surface area contributed by atoms with E-state index >= 15 is 0 Å². The monoisotopic (exact) mass is 443 g/mol. The molecule has 0 spiro atoms. The van der Waals surface area contributed by atoms with Crippen molar-refractivity contribution in [2.45, 2.75) is 28.4 Å². The van der Waals surface area contributed by atoms with Crippen LogP contribution in [0.5, 0.6) is 0 Å². The van der Waals surface area contributed by atoms with Crippen LogP contribution in [0.4, 0.5) is 4.39 Å². The highest BCUT2D eigenvalue weighted by Gasteiger charge is 2.35. The molecule has 0 saturated heterocycles. The molecule has 0 aliphatic carbocycles. The van der Waals surface area contributed by atoms with Crippen molar-refractivity contribution in [2.75, 3.05) is 5.75 Å². The number of benzene rings is 2. The van der Waals surface area contributed by atoms with Gasteiger partial charge in [-0.3, -0.25) is 0 Å². The van der Waals surface area contributed by atoms with Gasteiger partial charge in [0.25, 0.3) is 5.09 Å². The summed E-state index contributed by atoms with van der Waals surface area (Å²) in [7, 11) is -8.39. The molecule has 0 aliphatic heterocycles. The van der Waals surface area contributed by atoms with Crippen molar-refractivity contribution in [3.63, 3.8) is 0 Å². The van der Waals surface area contributed by atoms with E-state index in [1.165, 1.54) is 42.5 Å². The Morgan fingerprint density at radius 2 is 1.75 bits per heavy atom. The molecular formula is C18H15ClFNO5S2. The maximum absolute atomic E-state index is 13.5. The molecule has 0 saturated carbocycles. The van der Waals surface area contributed by atoms with E-state index in [0.717, 1.165) is 6.07 Å². The first-order valence-electron chi connectivity index (χ1n) is 8.15. The maximum Gasteiger partial charge on any atom is 0.258 e. The lowest BCUT2D eigenvalue weighted by Gasteiger charge is -2.04. The van der Waals surface area contributed by atoms with Gasteiger partial charge >= 0.3 is 0 Å². The van der Waals surface area contributed by atoms with E-state index in [0.29, 0.717) is 5.02 Å². The van der Waals surface area contributed by atoms with Gasteiger partial charge in [0.1, 0.15) is 5.82 Å². The summed E-state index contributed by atoms with van der Waals surface area (Å²) in [6.45, 7) is 1.63. The Labute approximate surface area is 166 Å². The van der Waals surface area contributed by atoms with Crippen LogP contribution in [0.25, 0.3) is 11.5 Å². The van der Waals surface area contributed by atoms with Gasteiger partial charge in [0.05, 0.1) is 10.6 Å². The molecule has 0 N–H and O–H groups in total. The fourth-order valence-electron chi connectivity index (χ4n) is 2.49. The molecule has 3 aromatic rings. The lowest BCUT2D eigenvalue weighted by molar-refractivity contribution is 0.444. The smallest absolute Gasteiger partial charge is 0.258 e. The van der Waals surface area contributed by atoms with Crippen LogP contribution in [0.1, 0.15) is 13.3 Å². The van der Waals surface area contributed by atoms with E-state index in [4.69, 9.17) is 16.0 Å². The molecule has 0 amide bonds. The Morgan fingerprint density at radius 3 is 2.36 bits per heavy atom. The highest BCUT2D eigenvalue weighted by atomic mass is 35.5. The SMILES string of the molecule is CCCS(=O)(=O)c1oc(-c2cccc(F)c2)nc1S(=O)(=O)c1ccc(Cl)cc1. The number of sulfone groups is 2. The lowest BCUT2D eigenvalue weighted by atomic mass is 10.2. The summed E-state index contributed by atoms with van der Waals surface area (Å²) in [6, 6.07) is 10.3. The Balaban J connectivity index is 2.25. The van der Waals surface area contributed by atoms with Crippen molar-refractivity contribution in [1.29, 1.82) is 0 Å². The topological polar surface area (TPSA) is 94.3 Å². The number of oxazole rings is 1. The molecule has 3 rings (SSSR count). The van der Waals surface area contributed by atoms with Gasteiger partial charge in [0.15, 0.2) is 0 Å². The first-order valence-corrected chi connectivity index (χ1v) is 11.7. The van der Waals surface area contributed by atoms with Gasteiger partial charge in [0.2, 0.25) is 30.6 Å². The van der Waals surface area contributed by atoms with Gasteiger partial charge in [-0.05, 0) is 48.9 Å². The standard InChI is InChI=1S/C18H15ClFNO5S2/c1-2-10-27(22,23)18-17(28(24,25)15-8-6-13(19)7-9-15)21-16(26-18)12-4-3-5-14(20)11-12/h3-9,11H,2,10H2,1H3. The number of rotatable bonds is 6. The molecule has 0 unspecified atom stereocenters. The molecule has 10 heteroatoms. The van der Waals surface area contributed by atoms with Crippen molar-refractivity contribution in [3.05, 3.63) is 59.4 Å². The van der Waals surface area contributed by atoms with E-state index < -0.39 is 35.6 Å². The first kappa shape index (κ1) is 20.5. The molecule has 0 aliphatic rings. The van der Waals surface area contributed by atoms with E-state index in [2.05, 4.69) is 4.98 Å². The molecular weight excluding hydrogens is 429 g/mol. The summed E-state index contributed by atoms with van der Waals surface area (Å²) in [5.41, 5.74) is 0.116. The van der Waals surface area contributed by atoms with Crippen molar-refractivity contribution in [2.24, 2.45) is 0 Å². The van der Waals surface area contributed by atoms with Crippen LogP contribution >= 0.6 is 11.6 Å². The number of hydrogen-bond acceptors (Lipinski definition) is 6. The predicted octanol–water partition coefficient (Wildman–Crippen LogP) is 4.15. The third-order valence-corrected chi connectivity index (χ3v) is 7.62. The van der Waals surface area contributed by atoms with Crippen LogP contribution in [0.2, 0.25) is 5.02 Å². The average Bonchev–Trinajstić information content (AvgIpc) is 3.09. The summed E-state index contributed by atoms with van der Waals surface area (Å²) in [4.78, 5) is 3.72. The summed E-state index contributed by atoms with van der Waals surface area (Å²) >= 11 is 5.79. The minimum Gasteiger partial charge on any atom is -0.423 e. The van der Waals surface area contributed by atoms with Gasteiger partial charge in [-0.25, -0.2) is 21.2 Å². The normalized spacial score (nSPS) is 12.2. The molecule has 1 heterocycles. The molecule has 0 atom stereocenters. The quantitative estimate of drug-likeness (QED) is 0.568. The number of nitrogens with zero attached hydrogens (tertiary/aromatic N) is 1. The Hall–Kier alpha value is -2.23. The van der Waals surface area contributed by atoms with Crippen LogP contribution < -0.4 is 0 Å². The van der Waals surface area contributed by atoms with E-state index in [-0.39, 0.29) is 28.5 Å². The van der Waals surface area contributed by atoms with Crippen LogP contribution in [0.15, 0.2) is 68.0 Å². The second-order valence-corrected chi connectivity index (χ2v) is 10.2. The van der Waals surface area contributed by atoms with Crippen LogP contribution in [-0.4, -0.2) is 27.6 Å². The second-order valence-electron chi connectivity index (χ2n) is 5.90. The molecule has 0 fully saturated rings. The van der Waals surface area contributed by atoms with E-state index in [1.54, 1.807) is 6.92 Å². The van der Waals surface area contributed by atoms with Crippen molar-refractivity contribution in [3.8, 4) is 11.5 Å². The lowest BCUT2D eigenvalue weighted by Crippen LogP contribution is -2.11. The fraction of sp³-hybridized carbons (Fsp3) is 0.167. The van der Waals surface area contributed by atoms with E-state index in [9.17, 15) is 21.2 Å². The summed E-state index contributed by atoms with van der Waals surface area (Å²) in [6.07, 6.45) is 0.249. The summed E-state index contributed by atoms with van der Waals surface area (Å²) in [5, 5.41) is -1.18. The van der Waals surface area contributed by atoms with Gasteiger partial charge < -0.3 is 4.42 Å². The zero-order valence-electron chi connectivity index (χ0n) is 14.6. The van der Waals surface area contributed by atoms with E-state index in [1.807, 2.05) is 0 Å². The molecule has 0 radical (unpaired) electrons. The molecule has 1 aromatic heterocycles. The van der Waals surface area contributed by atoms with Crippen molar-refractivity contribution in [1.82, 2.24) is 4.98 Å². The largest absolute Gasteiger partial charge is 0.423 e. The first-order chi connectivity index (χ1) is 13.1. The van der Waals surface area contributed by atoms with Crippen molar-refractivity contribution < 1.29 is 25.6 Å². The zero-order chi connectivity index (χ0) is 20.5. The predicted molar refractivity (Wildman–Crippen MR) is 101 cm³/mol. The second kappa shape index (κ2) is 7.65. The van der Waals surface area contributed by atoms with Gasteiger partial charge in [-0.2, -0.15) is 4.98 Å². The van der Waals surface area contributed by atoms with Gasteiger partial charge in [0, 0.05) is 10.6 Å². The number of halogens is 2. The van der Waals surface area contributed by atoms with Crippen LogP contribution in [0, 0.1) is 5.82 Å². The van der Waals surface area contributed by atoms with Gasteiger partial charge in [-0.15, -0.1) is 0 Å². The summed E-state index contributed by atoms with van der Waals surface area (Å²) < 4.78 is 70.1. The third-order valence-electron chi connectivity index (χ3n) is 3.77. The fourth-order valence-corrected chi connectivity index (χ4v) is 5.75. The number of hydrogen-bond donors (Lipinski definition) is 0. The van der Waals surface area contributed by atoms with Crippen LogP contribution in [0.3, 0.4) is 0 Å². The minimum absolute atomic E-state index is 0.116. The molecule has 6 nitrogen and oxygen atoms in total. The number of aromatic nitrogens is 1. The average molecular weight is 444 g/mol. The maximum atomic E-state index is 13.5. The van der Waals surface area contributed by atoms with Gasteiger partial charge in [-0.1, -0.05) is 24.6 Å². The Bertz CT molecular complexity index is 1220. The summed E-state index contributed by atoms with van der Waals surface area (Å²) in [5.74, 6) is -1.23. The minimum atomic E-state index is -4.32. The molecule has 148 valence electrons. The molecule has 2 aromatic carbocycles. The Kier molecular flexibility index (Phi) is 5.60. The Morgan fingerprint density at radius 1 is 1.07 bits per heavy atom. The zero-order valence-corrected chi connectivity index (χ0v) is 17.0. The molecule has 28 heavy (non-hydrogen) atoms. The highest BCUT2D eigenvalue weighted by molar-refractivity contribution is 7.94. The third kappa shape index (κ3) is 3.96.